The first-order chi connectivity index (χ1) is 8.05. The highest BCUT2D eigenvalue weighted by atomic mass is 35.5. The molecule has 1 heterocycles. The van der Waals surface area contributed by atoms with E-state index >= 15 is 0 Å². The lowest BCUT2D eigenvalue weighted by molar-refractivity contribution is -0.137. The topological polar surface area (TPSA) is 24.1 Å². The van der Waals surface area contributed by atoms with Crippen molar-refractivity contribution in [3.63, 3.8) is 0 Å². The predicted molar refractivity (Wildman–Crippen MR) is 75.5 cm³/mol. The SMILES string of the molecule is Cl.Cl.FC(F)(F)c1ccc(NC2CCNCC2)cc1. The van der Waals surface area contributed by atoms with Crippen LogP contribution in [0.15, 0.2) is 24.3 Å². The fourth-order valence-electron chi connectivity index (χ4n) is 1.96. The van der Waals surface area contributed by atoms with Gasteiger partial charge in [0.15, 0.2) is 0 Å². The van der Waals surface area contributed by atoms with Crippen molar-refractivity contribution in [1.82, 2.24) is 5.32 Å². The lowest BCUT2D eigenvalue weighted by Crippen LogP contribution is -2.35. The monoisotopic (exact) mass is 316 g/mol. The van der Waals surface area contributed by atoms with E-state index in [-0.39, 0.29) is 24.8 Å². The minimum Gasteiger partial charge on any atom is -0.382 e. The zero-order valence-corrected chi connectivity index (χ0v) is 11.8. The zero-order valence-electron chi connectivity index (χ0n) is 10.2. The summed E-state index contributed by atoms with van der Waals surface area (Å²) in [5.41, 5.74) is 0.151. The number of nitrogens with one attached hydrogen (secondary N) is 2. The number of hydrogen-bond donors (Lipinski definition) is 2. The third-order valence-electron chi connectivity index (χ3n) is 2.92. The fraction of sp³-hybridized carbons (Fsp3) is 0.500. The molecule has 2 nitrogen and oxygen atoms in total. The molecule has 1 aliphatic heterocycles. The summed E-state index contributed by atoms with van der Waals surface area (Å²) in [5.74, 6) is 0. The van der Waals surface area contributed by atoms with Crippen molar-refractivity contribution in [2.45, 2.75) is 25.1 Å². The van der Waals surface area contributed by atoms with Crippen molar-refractivity contribution in [1.29, 1.82) is 0 Å². The molecule has 1 aromatic rings. The Morgan fingerprint density at radius 2 is 1.53 bits per heavy atom. The molecule has 0 unspecified atom stereocenters. The van der Waals surface area contributed by atoms with E-state index < -0.39 is 11.7 Å². The average Bonchev–Trinajstić information content (AvgIpc) is 2.30. The van der Waals surface area contributed by atoms with Crippen molar-refractivity contribution in [3.8, 4) is 0 Å². The first-order valence-electron chi connectivity index (χ1n) is 5.70. The standard InChI is InChI=1S/C12H15F3N2.2ClH/c13-12(14,15)9-1-3-10(4-2-9)17-11-5-7-16-8-6-11;;/h1-4,11,16-17H,5-8H2;2*1H. The summed E-state index contributed by atoms with van der Waals surface area (Å²) in [7, 11) is 0. The van der Waals surface area contributed by atoms with Crippen LogP contribution in [0.1, 0.15) is 18.4 Å². The van der Waals surface area contributed by atoms with Gasteiger partial charge in [-0.3, -0.25) is 0 Å². The van der Waals surface area contributed by atoms with Crippen molar-refractivity contribution in [3.05, 3.63) is 29.8 Å². The summed E-state index contributed by atoms with van der Waals surface area (Å²) in [6, 6.07) is 5.57. The highest BCUT2D eigenvalue weighted by Gasteiger charge is 2.30. The van der Waals surface area contributed by atoms with E-state index in [4.69, 9.17) is 0 Å². The molecule has 19 heavy (non-hydrogen) atoms. The van der Waals surface area contributed by atoms with Gasteiger partial charge in [0.2, 0.25) is 0 Å². The van der Waals surface area contributed by atoms with E-state index in [1.165, 1.54) is 12.1 Å². The molecule has 1 aromatic carbocycles. The number of hydrogen-bond acceptors (Lipinski definition) is 2. The Kier molecular flexibility index (Phi) is 7.55. The van der Waals surface area contributed by atoms with Crippen molar-refractivity contribution >= 4 is 30.5 Å². The van der Waals surface area contributed by atoms with Crippen LogP contribution < -0.4 is 10.6 Å². The van der Waals surface area contributed by atoms with Gasteiger partial charge in [-0.25, -0.2) is 0 Å². The van der Waals surface area contributed by atoms with Crippen LogP contribution in [0.3, 0.4) is 0 Å². The van der Waals surface area contributed by atoms with E-state index in [9.17, 15) is 13.2 Å². The van der Waals surface area contributed by atoms with Crippen LogP contribution in [0.5, 0.6) is 0 Å². The van der Waals surface area contributed by atoms with Crippen molar-refractivity contribution in [2.24, 2.45) is 0 Å². The second-order valence-electron chi connectivity index (χ2n) is 4.24. The minimum absolute atomic E-state index is 0. The van der Waals surface area contributed by atoms with Gasteiger partial charge < -0.3 is 10.6 Å². The number of rotatable bonds is 2. The quantitative estimate of drug-likeness (QED) is 0.869. The Morgan fingerprint density at radius 1 is 1.00 bits per heavy atom. The molecule has 7 heteroatoms. The number of benzene rings is 1. The smallest absolute Gasteiger partial charge is 0.382 e. The first-order valence-corrected chi connectivity index (χ1v) is 5.70. The van der Waals surface area contributed by atoms with Gasteiger partial charge in [-0.05, 0) is 50.2 Å². The third-order valence-corrected chi connectivity index (χ3v) is 2.92. The normalized spacial score (nSPS) is 16.2. The lowest BCUT2D eigenvalue weighted by atomic mass is 10.1. The summed E-state index contributed by atoms with van der Waals surface area (Å²) >= 11 is 0. The molecule has 0 bridgehead atoms. The zero-order chi connectivity index (χ0) is 12.3. The maximum atomic E-state index is 12.3. The molecule has 0 spiro atoms. The highest BCUT2D eigenvalue weighted by Crippen LogP contribution is 2.30. The van der Waals surface area contributed by atoms with E-state index in [0.717, 1.165) is 43.8 Å². The maximum Gasteiger partial charge on any atom is 0.416 e. The molecular formula is C12H17Cl2F3N2. The molecule has 2 rings (SSSR count). The molecule has 2 N–H and O–H groups in total. The van der Waals surface area contributed by atoms with Gasteiger partial charge in [0.25, 0.3) is 0 Å². The molecule has 0 aromatic heterocycles. The van der Waals surface area contributed by atoms with Crippen LogP contribution in [0, 0.1) is 0 Å². The van der Waals surface area contributed by atoms with Crippen molar-refractivity contribution in [2.75, 3.05) is 18.4 Å². The number of alkyl halides is 3. The predicted octanol–water partition coefficient (Wildman–Crippen LogP) is 3.71. The lowest BCUT2D eigenvalue weighted by Gasteiger charge is -2.24. The Hall–Kier alpha value is -0.650. The molecule has 0 atom stereocenters. The Morgan fingerprint density at radius 3 is 2.00 bits per heavy atom. The van der Waals surface area contributed by atoms with Crippen LogP contribution in [-0.4, -0.2) is 19.1 Å². The largest absolute Gasteiger partial charge is 0.416 e. The van der Waals surface area contributed by atoms with Gasteiger partial charge in [-0.2, -0.15) is 13.2 Å². The summed E-state index contributed by atoms with van der Waals surface area (Å²) < 4.78 is 37.0. The second kappa shape index (κ2) is 7.82. The minimum atomic E-state index is -4.26. The molecular weight excluding hydrogens is 300 g/mol. The molecule has 110 valence electrons. The molecule has 0 aliphatic carbocycles. The summed E-state index contributed by atoms with van der Waals surface area (Å²) in [4.78, 5) is 0. The van der Waals surface area contributed by atoms with E-state index in [1.54, 1.807) is 0 Å². The summed E-state index contributed by atoms with van der Waals surface area (Å²) in [5, 5.41) is 6.49. The molecule has 0 saturated carbocycles. The Balaban J connectivity index is 0.00000162. The van der Waals surface area contributed by atoms with E-state index in [2.05, 4.69) is 10.6 Å². The number of anilines is 1. The summed E-state index contributed by atoms with van der Waals surface area (Å²) in [6.45, 7) is 1.91. The third kappa shape index (κ3) is 5.47. The number of halogens is 5. The molecule has 1 aliphatic rings. The Labute approximate surface area is 123 Å². The second-order valence-corrected chi connectivity index (χ2v) is 4.24. The molecule has 1 fully saturated rings. The van der Waals surface area contributed by atoms with Crippen LogP contribution in [0.4, 0.5) is 18.9 Å². The molecule has 0 amide bonds. The first kappa shape index (κ1) is 18.4. The highest BCUT2D eigenvalue weighted by molar-refractivity contribution is 5.85. The van der Waals surface area contributed by atoms with Gasteiger partial charge >= 0.3 is 6.18 Å². The van der Waals surface area contributed by atoms with Crippen LogP contribution in [0.25, 0.3) is 0 Å². The van der Waals surface area contributed by atoms with E-state index in [1.807, 2.05) is 0 Å². The van der Waals surface area contributed by atoms with Crippen LogP contribution in [-0.2, 0) is 6.18 Å². The van der Waals surface area contributed by atoms with E-state index in [0.29, 0.717) is 6.04 Å². The number of piperidine rings is 1. The van der Waals surface area contributed by atoms with Crippen LogP contribution in [0.2, 0.25) is 0 Å². The Bertz CT molecular complexity index is 362. The molecule has 0 radical (unpaired) electrons. The van der Waals surface area contributed by atoms with Gasteiger partial charge in [-0.1, -0.05) is 0 Å². The van der Waals surface area contributed by atoms with Crippen molar-refractivity contribution < 1.29 is 13.2 Å². The van der Waals surface area contributed by atoms with Crippen LogP contribution >= 0.6 is 24.8 Å². The van der Waals surface area contributed by atoms with Gasteiger partial charge in [0.05, 0.1) is 5.56 Å². The van der Waals surface area contributed by atoms with Gasteiger partial charge in [0.1, 0.15) is 0 Å². The molecule has 1 saturated heterocycles. The van der Waals surface area contributed by atoms with Gasteiger partial charge in [0, 0.05) is 11.7 Å². The van der Waals surface area contributed by atoms with Gasteiger partial charge in [-0.15, -0.1) is 24.8 Å². The fourth-order valence-corrected chi connectivity index (χ4v) is 1.96. The maximum absolute atomic E-state index is 12.3. The summed E-state index contributed by atoms with van der Waals surface area (Å²) in [6.07, 6.45) is -2.25. The average molecular weight is 317 g/mol.